The fourth-order valence-electron chi connectivity index (χ4n) is 3.17. The van der Waals surface area contributed by atoms with Gasteiger partial charge in [-0.3, -0.25) is 9.59 Å². The van der Waals surface area contributed by atoms with Crippen molar-refractivity contribution < 1.29 is 9.59 Å². The summed E-state index contributed by atoms with van der Waals surface area (Å²) in [5.41, 5.74) is 2.44. The molecule has 2 amide bonds. The average molecular weight is 441 g/mol. The molecule has 0 heterocycles. The van der Waals surface area contributed by atoms with Crippen LogP contribution in [0.1, 0.15) is 31.8 Å². The molecule has 30 heavy (non-hydrogen) atoms. The van der Waals surface area contributed by atoms with E-state index < -0.39 is 0 Å². The summed E-state index contributed by atoms with van der Waals surface area (Å²) >= 11 is 12.4. The summed E-state index contributed by atoms with van der Waals surface area (Å²) in [6, 6.07) is 22.2. The van der Waals surface area contributed by atoms with Gasteiger partial charge in [-0.1, -0.05) is 83.9 Å². The first-order valence-corrected chi connectivity index (χ1v) is 10.2. The molecule has 0 saturated heterocycles. The standard InChI is InChI=1S/C24H22Cl2N2O2/c1-27(15-17-9-5-3-6-10-17)23(29)19-13-21(25)22(26)14-20(19)24(30)28(2)16-18-11-7-4-8-12-18/h3-14H,15-16H2,1-2H3. The Bertz CT molecular complexity index is 955. The van der Waals surface area contributed by atoms with Crippen LogP contribution in [0.4, 0.5) is 0 Å². The molecule has 0 unspecified atom stereocenters. The number of amides is 2. The van der Waals surface area contributed by atoms with Crippen molar-refractivity contribution in [2.75, 3.05) is 14.1 Å². The number of nitrogens with zero attached hydrogens (tertiary/aromatic N) is 2. The van der Waals surface area contributed by atoms with Crippen LogP contribution in [0.25, 0.3) is 0 Å². The number of rotatable bonds is 6. The molecule has 3 rings (SSSR count). The third kappa shape index (κ3) is 5.21. The molecule has 3 aromatic carbocycles. The van der Waals surface area contributed by atoms with Gasteiger partial charge >= 0.3 is 0 Å². The van der Waals surface area contributed by atoms with Crippen molar-refractivity contribution in [1.82, 2.24) is 9.80 Å². The van der Waals surface area contributed by atoms with Crippen molar-refractivity contribution >= 4 is 35.0 Å². The second kappa shape index (κ2) is 9.79. The lowest BCUT2D eigenvalue weighted by Gasteiger charge is -2.22. The highest BCUT2D eigenvalue weighted by Crippen LogP contribution is 2.28. The van der Waals surface area contributed by atoms with Gasteiger partial charge in [-0.05, 0) is 23.3 Å². The van der Waals surface area contributed by atoms with Crippen molar-refractivity contribution in [3.8, 4) is 0 Å². The molecule has 6 heteroatoms. The summed E-state index contributed by atoms with van der Waals surface area (Å²) < 4.78 is 0. The summed E-state index contributed by atoms with van der Waals surface area (Å²) in [5.74, 6) is -0.595. The number of benzene rings is 3. The van der Waals surface area contributed by atoms with Crippen molar-refractivity contribution in [2.24, 2.45) is 0 Å². The van der Waals surface area contributed by atoms with Crippen LogP contribution in [-0.4, -0.2) is 35.7 Å². The highest BCUT2D eigenvalue weighted by Gasteiger charge is 2.24. The van der Waals surface area contributed by atoms with E-state index in [9.17, 15) is 9.59 Å². The quantitative estimate of drug-likeness (QED) is 0.504. The molecule has 4 nitrogen and oxygen atoms in total. The van der Waals surface area contributed by atoms with Crippen LogP contribution in [0.3, 0.4) is 0 Å². The first-order valence-electron chi connectivity index (χ1n) is 9.44. The fraction of sp³-hybridized carbons (Fsp3) is 0.167. The van der Waals surface area contributed by atoms with Crippen molar-refractivity contribution in [1.29, 1.82) is 0 Å². The third-order valence-electron chi connectivity index (χ3n) is 4.74. The van der Waals surface area contributed by atoms with Crippen LogP contribution in [0.15, 0.2) is 72.8 Å². The molecule has 0 aromatic heterocycles. The van der Waals surface area contributed by atoms with Gasteiger partial charge in [0.25, 0.3) is 11.8 Å². The molecule has 0 saturated carbocycles. The van der Waals surface area contributed by atoms with E-state index in [4.69, 9.17) is 23.2 Å². The maximum Gasteiger partial charge on any atom is 0.254 e. The highest BCUT2D eigenvalue weighted by atomic mass is 35.5. The molecule has 0 aliphatic carbocycles. The molecule has 0 fully saturated rings. The molecule has 154 valence electrons. The summed E-state index contributed by atoms with van der Waals surface area (Å²) in [5, 5.41) is 0.464. The van der Waals surface area contributed by atoms with Crippen LogP contribution in [0, 0.1) is 0 Å². The molecule has 0 atom stereocenters. The van der Waals surface area contributed by atoms with Crippen LogP contribution < -0.4 is 0 Å². The van der Waals surface area contributed by atoms with Gasteiger partial charge in [-0.15, -0.1) is 0 Å². The Kier molecular flexibility index (Phi) is 7.14. The van der Waals surface area contributed by atoms with Crippen LogP contribution in [0.5, 0.6) is 0 Å². The second-order valence-electron chi connectivity index (χ2n) is 7.11. The molecule has 0 N–H and O–H groups in total. The van der Waals surface area contributed by atoms with Gasteiger partial charge in [-0.2, -0.15) is 0 Å². The van der Waals surface area contributed by atoms with Gasteiger partial charge in [0.15, 0.2) is 0 Å². The normalized spacial score (nSPS) is 10.5. The number of hydrogen-bond acceptors (Lipinski definition) is 2. The number of halogens is 2. The van der Waals surface area contributed by atoms with E-state index in [2.05, 4.69) is 0 Å². The minimum absolute atomic E-state index is 0.229. The predicted molar refractivity (Wildman–Crippen MR) is 121 cm³/mol. The first kappa shape index (κ1) is 21.9. The monoisotopic (exact) mass is 440 g/mol. The molecule has 0 aliphatic rings. The van der Waals surface area contributed by atoms with Gasteiger partial charge in [-0.25, -0.2) is 0 Å². The van der Waals surface area contributed by atoms with Gasteiger partial charge in [0.1, 0.15) is 0 Å². The average Bonchev–Trinajstić information content (AvgIpc) is 2.75. The third-order valence-corrected chi connectivity index (χ3v) is 5.46. The van der Waals surface area contributed by atoms with Crippen molar-refractivity contribution in [2.45, 2.75) is 13.1 Å². The van der Waals surface area contributed by atoms with E-state index in [-0.39, 0.29) is 33.0 Å². The summed E-state index contributed by atoms with van der Waals surface area (Å²) in [7, 11) is 3.39. The predicted octanol–water partition coefficient (Wildman–Crippen LogP) is 5.54. The Morgan fingerprint density at radius 2 is 1.00 bits per heavy atom. The smallest absolute Gasteiger partial charge is 0.254 e. The summed E-state index contributed by atoms with van der Waals surface area (Å²) in [4.78, 5) is 29.5. The molecule has 3 aromatic rings. The lowest BCUT2D eigenvalue weighted by molar-refractivity contribution is 0.0747. The zero-order valence-corrected chi connectivity index (χ0v) is 18.3. The second-order valence-corrected chi connectivity index (χ2v) is 7.92. The summed E-state index contributed by atoms with van der Waals surface area (Å²) in [6.45, 7) is 0.820. The van der Waals surface area contributed by atoms with E-state index in [1.165, 1.54) is 12.1 Å². The first-order chi connectivity index (χ1) is 14.4. The molecule has 0 bridgehead atoms. The van der Waals surface area contributed by atoms with E-state index in [1.807, 2.05) is 60.7 Å². The van der Waals surface area contributed by atoms with Gasteiger partial charge in [0.2, 0.25) is 0 Å². The topological polar surface area (TPSA) is 40.6 Å². The minimum atomic E-state index is -0.297. The Morgan fingerprint density at radius 1 is 0.667 bits per heavy atom. The molecular weight excluding hydrogens is 419 g/mol. The summed E-state index contributed by atoms with van der Waals surface area (Å²) in [6.07, 6.45) is 0. The van der Waals surface area contributed by atoms with E-state index in [0.717, 1.165) is 11.1 Å². The molecule has 0 spiro atoms. The number of carbonyl (C=O) groups excluding carboxylic acids is 2. The lowest BCUT2D eigenvalue weighted by Crippen LogP contribution is -2.31. The Hall–Kier alpha value is -2.82. The van der Waals surface area contributed by atoms with Crippen LogP contribution in [-0.2, 0) is 13.1 Å². The van der Waals surface area contributed by atoms with Crippen molar-refractivity contribution in [3.63, 3.8) is 0 Å². The largest absolute Gasteiger partial charge is 0.337 e. The number of carbonyl (C=O) groups is 2. The van der Waals surface area contributed by atoms with E-state index in [1.54, 1.807) is 23.9 Å². The Labute approximate surface area is 186 Å². The molecular formula is C24H22Cl2N2O2. The zero-order chi connectivity index (χ0) is 21.7. The van der Waals surface area contributed by atoms with E-state index in [0.29, 0.717) is 13.1 Å². The Balaban J connectivity index is 1.88. The van der Waals surface area contributed by atoms with Crippen LogP contribution >= 0.6 is 23.2 Å². The maximum absolute atomic E-state index is 13.2. The number of hydrogen-bond donors (Lipinski definition) is 0. The SMILES string of the molecule is CN(Cc1ccccc1)C(=O)c1cc(Cl)c(Cl)cc1C(=O)N(C)Cc1ccccc1. The maximum atomic E-state index is 13.2. The Morgan fingerprint density at radius 3 is 1.33 bits per heavy atom. The van der Waals surface area contributed by atoms with Crippen molar-refractivity contribution in [3.05, 3.63) is 105 Å². The fourth-order valence-corrected chi connectivity index (χ4v) is 3.50. The molecule has 0 radical (unpaired) electrons. The van der Waals surface area contributed by atoms with Gasteiger partial charge < -0.3 is 9.80 Å². The van der Waals surface area contributed by atoms with E-state index >= 15 is 0 Å². The van der Waals surface area contributed by atoms with Gasteiger partial charge in [0, 0.05) is 27.2 Å². The minimum Gasteiger partial charge on any atom is -0.337 e. The highest BCUT2D eigenvalue weighted by molar-refractivity contribution is 6.42. The van der Waals surface area contributed by atoms with Crippen LogP contribution in [0.2, 0.25) is 10.0 Å². The van der Waals surface area contributed by atoms with Gasteiger partial charge in [0.05, 0.1) is 21.2 Å². The lowest BCUT2D eigenvalue weighted by atomic mass is 10.0. The molecule has 0 aliphatic heterocycles. The zero-order valence-electron chi connectivity index (χ0n) is 16.8.